The Kier molecular flexibility index (Phi) is 8.71. The van der Waals surface area contributed by atoms with Crippen LogP contribution in [0, 0.1) is 12.8 Å². The van der Waals surface area contributed by atoms with Gasteiger partial charge in [0.1, 0.15) is 5.82 Å². The molecule has 2 atom stereocenters. The van der Waals surface area contributed by atoms with Crippen molar-refractivity contribution >= 4 is 33.5 Å². The molecule has 3 aromatic carbocycles. The number of anilines is 2. The number of hydrogen-bond acceptors (Lipinski definition) is 5. The molecule has 6 rings (SSSR count). The van der Waals surface area contributed by atoms with Crippen molar-refractivity contribution in [2.24, 2.45) is 5.92 Å². The van der Waals surface area contributed by atoms with Gasteiger partial charge in [-0.3, -0.25) is 5.32 Å². The van der Waals surface area contributed by atoms with Crippen LogP contribution in [0.25, 0.3) is 5.69 Å². The molecule has 2 saturated heterocycles. The average molecular weight is 656 g/mol. The predicted octanol–water partition coefficient (Wildman–Crippen LogP) is 6.99. The van der Waals surface area contributed by atoms with Gasteiger partial charge in [0.15, 0.2) is 0 Å². The number of carboxylic acids is 1. The van der Waals surface area contributed by atoms with Gasteiger partial charge < -0.3 is 10.4 Å². The van der Waals surface area contributed by atoms with E-state index in [2.05, 4.69) is 31.4 Å². The van der Waals surface area contributed by atoms with Crippen molar-refractivity contribution in [3.05, 3.63) is 101 Å². The summed E-state index contributed by atoms with van der Waals surface area (Å²) in [6.45, 7) is 8.27. The number of urea groups is 1. The molecular weight excluding hydrogens is 614 g/mol. The van der Waals surface area contributed by atoms with E-state index in [0.29, 0.717) is 17.4 Å². The van der Waals surface area contributed by atoms with Crippen LogP contribution < -0.4 is 10.6 Å². The summed E-state index contributed by atoms with van der Waals surface area (Å²) in [7, 11) is -3.94. The lowest BCUT2D eigenvalue weighted by molar-refractivity contribution is 0.0692. The largest absolute Gasteiger partial charge is 0.478 e. The highest BCUT2D eigenvalue weighted by molar-refractivity contribution is 7.89. The zero-order valence-corrected chi connectivity index (χ0v) is 27.9. The number of benzene rings is 3. The summed E-state index contributed by atoms with van der Waals surface area (Å²) < 4.78 is 30.6. The van der Waals surface area contributed by atoms with E-state index in [1.54, 1.807) is 21.1 Å². The number of nitrogens with zero attached hydrogens (tertiary/aromatic N) is 3. The Labute approximate surface area is 275 Å². The van der Waals surface area contributed by atoms with Crippen LogP contribution in [0.1, 0.15) is 73.6 Å². The van der Waals surface area contributed by atoms with Gasteiger partial charge in [-0.05, 0) is 86.9 Å². The normalized spacial score (nSPS) is 19.8. The minimum atomic E-state index is -3.94. The van der Waals surface area contributed by atoms with E-state index < -0.39 is 16.0 Å². The van der Waals surface area contributed by atoms with Crippen molar-refractivity contribution in [3.8, 4) is 5.69 Å². The van der Waals surface area contributed by atoms with Crippen LogP contribution in [-0.4, -0.2) is 51.7 Å². The number of piperidine rings is 1. The second kappa shape index (κ2) is 12.6. The molecule has 0 radical (unpaired) electrons. The van der Waals surface area contributed by atoms with Gasteiger partial charge in [0.05, 0.1) is 21.8 Å². The van der Waals surface area contributed by atoms with Gasteiger partial charge in [0.25, 0.3) is 0 Å². The summed E-state index contributed by atoms with van der Waals surface area (Å²) in [4.78, 5) is 24.7. The van der Waals surface area contributed by atoms with Crippen molar-refractivity contribution < 1.29 is 23.1 Å². The summed E-state index contributed by atoms with van der Waals surface area (Å²) in [5.41, 5.74) is 4.23. The second-order valence-electron chi connectivity index (χ2n) is 13.8. The number of hydrogen-bond donors (Lipinski definition) is 3. The predicted molar refractivity (Wildman–Crippen MR) is 182 cm³/mol. The maximum Gasteiger partial charge on any atom is 0.337 e. The molecule has 0 spiro atoms. The van der Waals surface area contributed by atoms with E-state index in [0.717, 1.165) is 54.6 Å². The molecule has 1 aromatic heterocycles. The van der Waals surface area contributed by atoms with Crippen LogP contribution >= 0.6 is 0 Å². The first-order valence-electron chi connectivity index (χ1n) is 16.0. The molecule has 2 amide bonds. The summed E-state index contributed by atoms with van der Waals surface area (Å²) >= 11 is 0. The van der Waals surface area contributed by atoms with Gasteiger partial charge in [-0.25, -0.2) is 22.7 Å². The molecule has 2 fully saturated rings. The number of aromatic nitrogens is 2. The fraction of sp³-hybridized carbons (Fsp3) is 0.361. The molecule has 0 saturated carbocycles. The first kappa shape index (κ1) is 32.5. The first-order chi connectivity index (χ1) is 22.3. The van der Waals surface area contributed by atoms with Crippen LogP contribution in [0.2, 0.25) is 0 Å². The minimum absolute atomic E-state index is 0.135. The molecule has 2 aliphatic heterocycles. The Balaban J connectivity index is 1.09. The van der Waals surface area contributed by atoms with E-state index in [-0.39, 0.29) is 34.0 Å². The van der Waals surface area contributed by atoms with Crippen molar-refractivity contribution in [1.82, 2.24) is 14.1 Å². The number of carbonyl (C=O) groups excluding carboxylic acids is 1. The highest BCUT2D eigenvalue weighted by Crippen LogP contribution is 2.43. The quantitative estimate of drug-likeness (QED) is 0.187. The first-order valence-corrected chi connectivity index (χ1v) is 17.4. The molecule has 3 N–H and O–H groups in total. The molecule has 3 heterocycles. The monoisotopic (exact) mass is 655 g/mol. The third-order valence-electron chi connectivity index (χ3n) is 9.17. The third kappa shape index (κ3) is 6.82. The molecule has 4 aromatic rings. The minimum Gasteiger partial charge on any atom is -0.478 e. The summed E-state index contributed by atoms with van der Waals surface area (Å²) in [5.74, 6) is -0.373. The van der Waals surface area contributed by atoms with Crippen molar-refractivity contribution in [2.45, 2.75) is 82.2 Å². The number of amides is 2. The number of nitrogens with one attached hydrogen (secondary N) is 2. The Morgan fingerprint density at radius 3 is 2.17 bits per heavy atom. The Morgan fingerprint density at radius 2 is 1.55 bits per heavy atom. The number of carboxylic acid groups (broad SMARTS) is 1. The molecule has 10 nitrogen and oxygen atoms in total. The summed E-state index contributed by atoms with van der Waals surface area (Å²) in [6, 6.07) is 22.8. The van der Waals surface area contributed by atoms with Crippen LogP contribution in [0.4, 0.5) is 16.3 Å². The number of sulfonamides is 1. The zero-order chi connectivity index (χ0) is 33.5. The summed E-state index contributed by atoms with van der Waals surface area (Å²) in [6.07, 6.45) is 3.78. The van der Waals surface area contributed by atoms with Gasteiger partial charge in [0, 0.05) is 29.3 Å². The maximum absolute atomic E-state index is 13.6. The zero-order valence-electron chi connectivity index (χ0n) is 27.1. The van der Waals surface area contributed by atoms with Crippen molar-refractivity contribution in [1.29, 1.82) is 0 Å². The number of fused-ring (bicyclic) bond motifs is 2. The van der Waals surface area contributed by atoms with Gasteiger partial charge in [-0.15, -0.1) is 0 Å². The van der Waals surface area contributed by atoms with Crippen LogP contribution in [0.15, 0.2) is 83.8 Å². The topological polar surface area (TPSA) is 134 Å². The number of aromatic carboxylic acids is 1. The Bertz CT molecular complexity index is 1880. The Morgan fingerprint density at radius 1 is 0.915 bits per heavy atom. The Hall–Kier alpha value is -4.48. The van der Waals surface area contributed by atoms with Crippen LogP contribution in [-0.2, 0) is 21.9 Å². The molecule has 246 valence electrons. The van der Waals surface area contributed by atoms with E-state index in [1.807, 2.05) is 61.5 Å². The van der Waals surface area contributed by atoms with E-state index in [1.165, 1.54) is 12.1 Å². The van der Waals surface area contributed by atoms with Gasteiger partial charge >= 0.3 is 12.0 Å². The number of rotatable bonds is 8. The van der Waals surface area contributed by atoms with E-state index in [9.17, 15) is 23.1 Å². The fourth-order valence-electron chi connectivity index (χ4n) is 6.84. The highest BCUT2D eigenvalue weighted by atomic mass is 32.2. The summed E-state index contributed by atoms with van der Waals surface area (Å²) in [5, 5.41) is 20.3. The van der Waals surface area contributed by atoms with Crippen LogP contribution in [0.3, 0.4) is 0 Å². The van der Waals surface area contributed by atoms with Gasteiger partial charge in [-0.1, -0.05) is 62.7 Å². The van der Waals surface area contributed by atoms with Crippen molar-refractivity contribution in [2.75, 3.05) is 10.6 Å². The molecule has 2 aliphatic rings. The lowest BCUT2D eigenvalue weighted by atomic mass is 9.87. The third-order valence-corrected chi connectivity index (χ3v) is 11.2. The van der Waals surface area contributed by atoms with E-state index in [4.69, 9.17) is 5.10 Å². The lowest BCUT2D eigenvalue weighted by Gasteiger charge is -2.38. The number of aryl methyl sites for hydroxylation is 1. The number of carbonyl (C=O) groups is 2. The van der Waals surface area contributed by atoms with Crippen molar-refractivity contribution in [3.63, 3.8) is 0 Å². The molecule has 11 heteroatoms. The average Bonchev–Trinajstić information content (AvgIpc) is 3.57. The molecule has 2 bridgehead atoms. The SMILES string of the molecule is Cc1ccc(-n2nc(C(C)(C)C)cc2NC(=O)Nc2ccc(CC3CC4CCC(C3)N4S(=O)(=O)c3ccccc3C(=O)O)cc2)cc1. The molecule has 47 heavy (non-hydrogen) atoms. The fourth-order valence-corrected chi connectivity index (χ4v) is 8.92. The standard InChI is InChI=1S/C36H41N5O5S/c1-23-9-15-27(16-10-23)40-33(22-32(39-40)36(2,3)4)38-35(44)37-26-13-11-24(12-14-26)19-25-20-28-17-18-29(21-25)41(28)47(45,46)31-8-6-5-7-30(31)34(42)43/h5-16,22,25,28-29H,17-21H2,1-4H3,(H,42,43)(H2,37,38,44). The highest BCUT2D eigenvalue weighted by Gasteiger charge is 2.47. The second-order valence-corrected chi connectivity index (χ2v) is 15.6. The van der Waals surface area contributed by atoms with E-state index >= 15 is 0 Å². The molecular formula is C36H41N5O5S. The van der Waals surface area contributed by atoms with Gasteiger partial charge in [0.2, 0.25) is 10.0 Å². The van der Waals surface area contributed by atoms with Gasteiger partial charge in [-0.2, -0.15) is 9.40 Å². The molecule has 0 aliphatic carbocycles. The molecule has 2 unspecified atom stereocenters. The van der Waals surface area contributed by atoms with Crippen LogP contribution in [0.5, 0.6) is 0 Å². The maximum atomic E-state index is 13.6. The smallest absolute Gasteiger partial charge is 0.337 e. The lowest BCUT2D eigenvalue weighted by Crippen LogP contribution is -2.47.